The van der Waals surface area contributed by atoms with E-state index < -0.39 is 0 Å². The highest BCUT2D eigenvalue weighted by molar-refractivity contribution is 4.95. The van der Waals surface area contributed by atoms with Crippen LogP contribution in [0.4, 0.5) is 0 Å². The lowest BCUT2D eigenvalue weighted by Crippen LogP contribution is -2.45. The molecule has 1 heterocycles. The molecule has 2 rings (SSSR count). The molecule has 0 aromatic rings. The minimum atomic E-state index is -0.295. The highest BCUT2D eigenvalue weighted by Crippen LogP contribution is 2.45. The smallest absolute Gasteiger partial charge is 0.169 e. The monoisotopic (exact) mass is 673 g/mol. The molecular weight excluding hydrogens is 587 g/mol. The molecule has 4 atom stereocenters. The van der Waals surface area contributed by atoms with Crippen LogP contribution in [-0.4, -0.2) is 49.7 Å². The molecular formula is C45H86NO2+. The van der Waals surface area contributed by atoms with Crippen molar-refractivity contribution in [3.8, 4) is 0 Å². The van der Waals surface area contributed by atoms with Crippen molar-refractivity contribution in [2.24, 2.45) is 0 Å². The van der Waals surface area contributed by atoms with Crippen LogP contribution in [0, 0.1) is 0 Å². The Morgan fingerprint density at radius 3 is 1.19 bits per heavy atom. The summed E-state index contributed by atoms with van der Waals surface area (Å²) < 4.78 is 14.8. The number of unbranched alkanes of at least 4 members (excludes halogenated alkanes) is 24. The van der Waals surface area contributed by atoms with Gasteiger partial charge in [0.05, 0.1) is 39.4 Å². The first-order valence-corrected chi connectivity index (χ1v) is 21.9. The minimum Gasteiger partial charge on any atom is -0.344 e. The van der Waals surface area contributed by atoms with Gasteiger partial charge in [0.2, 0.25) is 0 Å². The number of rotatable bonds is 33. The van der Waals surface area contributed by atoms with E-state index in [4.69, 9.17) is 9.47 Å². The van der Waals surface area contributed by atoms with E-state index in [2.05, 4.69) is 59.3 Å². The fraction of sp³-hybridized carbons (Fsp3) is 0.911. The van der Waals surface area contributed by atoms with Gasteiger partial charge in [-0.25, -0.2) is 0 Å². The molecule has 0 amide bonds. The summed E-state index contributed by atoms with van der Waals surface area (Å²) >= 11 is 0. The van der Waals surface area contributed by atoms with E-state index in [1.165, 1.54) is 186 Å². The Morgan fingerprint density at radius 2 is 0.792 bits per heavy atom. The predicted molar refractivity (Wildman–Crippen MR) is 212 cm³/mol. The van der Waals surface area contributed by atoms with Gasteiger partial charge in [0.1, 0.15) is 0 Å². The summed E-state index contributed by atoms with van der Waals surface area (Å²) in [7, 11) is 7.00. The number of ether oxygens (including phenoxy) is 2. The van der Waals surface area contributed by atoms with Crippen molar-refractivity contribution in [2.45, 2.75) is 243 Å². The maximum Gasteiger partial charge on any atom is 0.169 e. The van der Waals surface area contributed by atoms with Crippen molar-refractivity contribution in [1.29, 1.82) is 0 Å². The second kappa shape index (κ2) is 28.0. The standard InChI is InChI=1S/C45H86NO2/c1-6-8-10-12-14-16-18-20-22-24-26-28-30-32-34-36-38-45(47-43-40-42(46(3,4)5)41-44(43)48-45)39-37-35-33-31-29-27-25-23-21-19-17-15-13-11-9-7-2/h14,16,20,22,42-44H,6-13,15,17-19,21,23-41H2,1-5H3/q+1/b16-14-,22-20-/t42?,43-,44?,45?/m0/s1. The molecule has 0 N–H and O–H groups in total. The Hall–Kier alpha value is -0.640. The molecule has 1 aliphatic heterocycles. The molecule has 1 aliphatic carbocycles. The number of hydrogen-bond donors (Lipinski definition) is 0. The minimum absolute atomic E-state index is 0.295. The van der Waals surface area contributed by atoms with Crippen molar-refractivity contribution in [3.05, 3.63) is 24.3 Å². The van der Waals surface area contributed by atoms with Crippen LogP contribution in [0.3, 0.4) is 0 Å². The molecule has 0 bridgehead atoms. The number of nitrogens with zero attached hydrogens (tertiary/aromatic N) is 1. The number of allylic oxidation sites excluding steroid dienone is 4. The third-order valence-electron chi connectivity index (χ3n) is 11.4. The molecule has 282 valence electrons. The van der Waals surface area contributed by atoms with Crippen molar-refractivity contribution < 1.29 is 14.0 Å². The summed E-state index contributed by atoms with van der Waals surface area (Å²) in [4.78, 5) is 0. The molecule has 2 aliphatic rings. The quantitative estimate of drug-likeness (QED) is 0.0392. The second-order valence-corrected chi connectivity index (χ2v) is 16.9. The lowest BCUT2D eigenvalue weighted by atomic mass is 9.98. The molecule has 0 aromatic heterocycles. The molecule has 1 saturated heterocycles. The first-order chi connectivity index (χ1) is 23.4. The molecule has 48 heavy (non-hydrogen) atoms. The van der Waals surface area contributed by atoms with E-state index in [1.54, 1.807) is 0 Å². The predicted octanol–water partition coefficient (Wildman–Crippen LogP) is 14.2. The van der Waals surface area contributed by atoms with Crippen molar-refractivity contribution in [1.82, 2.24) is 0 Å². The van der Waals surface area contributed by atoms with E-state index in [0.29, 0.717) is 18.2 Å². The van der Waals surface area contributed by atoms with Crippen LogP contribution >= 0.6 is 0 Å². The third kappa shape index (κ3) is 20.9. The fourth-order valence-electron chi connectivity index (χ4n) is 8.08. The molecule has 0 spiro atoms. The van der Waals surface area contributed by atoms with E-state index in [9.17, 15) is 0 Å². The number of quaternary nitrogens is 1. The van der Waals surface area contributed by atoms with Crippen LogP contribution in [-0.2, 0) is 9.47 Å². The summed E-state index contributed by atoms with van der Waals surface area (Å²) in [6, 6.07) is 0.662. The van der Waals surface area contributed by atoms with E-state index >= 15 is 0 Å². The van der Waals surface area contributed by atoms with Crippen LogP contribution in [0.15, 0.2) is 24.3 Å². The van der Waals surface area contributed by atoms with Crippen molar-refractivity contribution >= 4 is 0 Å². The van der Waals surface area contributed by atoms with Gasteiger partial charge in [-0.1, -0.05) is 173 Å². The molecule has 0 radical (unpaired) electrons. The lowest BCUT2D eigenvalue weighted by Gasteiger charge is -2.34. The summed E-state index contributed by atoms with van der Waals surface area (Å²) in [5.41, 5.74) is 0. The van der Waals surface area contributed by atoms with Gasteiger partial charge in [-0.05, 0) is 44.9 Å². The fourth-order valence-corrected chi connectivity index (χ4v) is 8.08. The Labute approximate surface area is 302 Å². The van der Waals surface area contributed by atoms with E-state index in [1.807, 2.05) is 0 Å². The topological polar surface area (TPSA) is 18.5 Å². The number of fused-ring (bicyclic) bond motifs is 1. The van der Waals surface area contributed by atoms with Crippen LogP contribution in [0.1, 0.15) is 219 Å². The molecule has 3 heteroatoms. The zero-order valence-electron chi connectivity index (χ0n) is 33.4. The zero-order chi connectivity index (χ0) is 34.6. The first kappa shape index (κ1) is 43.5. The number of hydrogen-bond acceptors (Lipinski definition) is 2. The Kier molecular flexibility index (Phi) is 25.4. The Bertz CT molecular complexity index is 768. The molecule has 3 unspecified atom stereocenters. The zero-order valence-corrected chi connectivity index (χ0v) is 33.4. The van der Waals surface area contributed by atoms with Gasteiger partial charge in [-0.2, -0.15) is 0 Å². The van der Waals surface area contributed by atoms with Crippen molar-refractivity contribution in [3.63, 3.8) is 0 Å². The molecule has 2 fully saturated rings. The van der Waals surface area contributed by atoms with Crippen LogP contribution in [0.5, 0.6) is 0 Å². The van der Waals surface area contributed by atoms with Gasteiger partial charge in [0.15, 0.2) is 5.79 Å². The maximum atomic E-state index is 6.90. The largest absolute Gasteiger partial charge is 0.344 e. The van der Waals surface area contributed by atoms with E-state index in [-0.39, 0.29) is 5.79 Å². The van der Waals surface area contributed by atoms with E-state index in [0.717, 1.165) is 23.7 Å². The van der Waals surface area contributed by atoms with Gasteiger partial charge >= 0.3 is 0 Å². The Balaban J connectivity index is 1.55. The highest BCUT2D eigenvalue weighted by atomic mass is 16.8. The van der Waals surface area contributed by atoms with Crippen LogP contribution in [0.2, 0.25) is 0 Å². The first-order valence-electron chi connectivity index (χ1n) is 21.9. The molecule has 1 saturated carbocycles. The average molecular weight is 673 g/mol. The normalized spacial score (nSPS) is 22.9. The molecule has 3 nitrogen and oxygen atoms in total. The summed E-state index contributed by atoms with van der Waals surface area (Å²) in [5.74, 6) is -0.295. The van der Waals surface area contributed by atoms with Crippen molar-refractivity contribution in [2.75, 3.05) is 21.1 Å². The SMILES string of the molecule is CCCCC/C=C\C/C=C\CCCCCCCCC1(CCCCCCCCCCCCCCCCCC)OC2CC([N+](C)(C)C)C[C@@H]2O1. The third-order valence-corrected chi connectivity index (χ3v) is 11.4. The van der Waals surface area contributed by atoms with Gasteiger partial charge in [-0.15, -0.1) is 0 Å². The average Bonchev–Trinajstić information content (AvgIpc) is 3.61. The molecule has 0 aromatic carbocycles. The lowest BCUT2D eigenvalue weighted by molar-refractivity contribution is -0.895. The van der Waals surface area contributed by atoms with Gasteiger partial charge < -0.3 is 14.0 Å². The Morgan fingerprint density at radius 1 is 0.458 bits per heavy atom. The summed E-state index contributed by atoms with van der Waals surface area (Å²) in [5, 5.41) is 0. The van der Waals surface area contributed by atoms with Gasteiger partial charge in [0, 0.05) is 25.7 Å². The van der Waals surface area contributed by atoms with Gasteiger partial charge in [0.25, 0.3) is 0 Å². The second-order valence-electron chi connectivity index (χ2n) is 16.9. The summed E-state index contributed by atoms with van der Waals surface area (Å²) in [6.07, 6.45) is 53.0. The summed E-state index contributed by atoms with van der Waals surface area (Å²) in [6.45, 7) is 4.58. The van der Waals surface area contributed by atoms with Crippen LogP contribution < -0.4 is 0 Å². The van der Waals surface area contributed by atoms with Gasteiger partial charge in [-0.3, -0.25) is 0 Å². The van der Waals surface area contributed by atoms with Crippen LogP contribution in [0.25, 0.3) is 0 Å². The maximum absolute atomic E-state index is 6.90. The highest BCUT2D eigenvalue weighted by Gasteiger charge is 2.53.